The van der Waals surface area contributed by atoms with Crippen molar-refractivity contribution in [1.82, 2.24) is 5.32 Å². The van der Waals surface area contributed by atoms with E-state index in [1.54, 1.807) is 7.11 Å². The minimum absolute atomic E-state index is 0.00593. The first-order valence-corrected chi connectivity index (χ1v) is 5.94. The highest BCUT2D eigenvalue weighted by Crippen LogP contribution is 2.23. The molecule has 1 rings (SSSR count). The van der Waals surface area contributed by atoms with Crippen LogP contribution in [0.3, 0.4) is 0 Å². The number of amides is 1. The van der Waals surface area contributed by atoms with Crippen LogP contribution >= 0.6 is 15.9 Å². The number of ether oxygens (including phenoxy) is 1. The lowest BCUT2D eigenvalue weighted by molar-refractivity contribution is -0.120. The fourth-order valence-electron chi connectivity index (χ4n) is 1.43. The summed E-state index contributed by atoms with van der Waals surface area (Å²) in [7, 11) is 1.60. The van der Waals surface area contributed by atoms with E-state index in [0.717, 1.165) is 15.8 Å². The highest BCUT2D eigenvalue weighted by Gasteiger charge is 2.09. The van der Waals surface area contributed by atoms with Crippen molar-refractivity contribution in [1.29, 1.82) is 0 Å². The maximum absolute atomic E-state index is 11.6. The van der Waals surface area contributed by atoms with Gasteiger partial charge in [-0.15, -0.1) is 0 Å². The molecular weight excluding hydrogens is 270 g/mol. The molecule has 0 unspecified atom stereocenters. The molecule has 0 saturated carbocycles. The van der Waals surface area contributed by atoms with E-state index >= 15 is 0 Å². The van der Waals surface area contributed by atoms with Crippen LogP contribution in [0.2, 0.25) is 0 Å². The monoisotopic (exact) mass is 285 g/mol. The zero-order chi connectivity index (χ0) is 12.1. The van der Waals surface area contributed by atoms with Gasteiger partial charge in [-0.05, 0) is 32.0 Å². The molecule has 16 heavy (non-hydrogen) atoms. The lowest BCUT2D eigenvalue weighted by Crippen LogP contribution is -2.31. The molecule has 0 heterocycles. The first-order chi connectivity index (χ1) is 7.52. The highest BCUT2D eigenvalue weighted by molar-refractivity contribution is 9.10. The van der Waals surface area contributed by atoms with E-state index in [2.05, 4.69) is 21.2 Å². The predicted octanol–water partition coefficient (Wildman–Crippen LogP) is 2.52. The number of nitrogens with one attached hydrogen (secondary N) is 1. The smallest absolute Gasteiger partial charge is 0.224 e. The first-order valence-electron chi connectivity index (χ1n) is 5.14. The van der Waals surface area contributed by atoms with E-state index in [1.807, 2.05) is 32.0 Å². The fourth-order valence-corrected chi connectivity index (χ4v) is 1.84. The number of hydrogen-bond acceptors (Lipinski definition) is 2. The van der Waals surface area contributed by atoms with Crippen molar-refractivity contribution >= 4 is 21.8 Å². The molecule has 0 aliphatic rings. The van der Waals surface area contributed by atoms with Crippen molar-refractivity contribution in [3.8, 4) is 5.75 Å². The minimum Gasteiger partial charge on any atom is -0.496 e. The molecule has 0 aliphatic heterocycles. The van der Waals surface area contributed by atoms with Crippen molar-refractivity contribution in [2.75, 3.05) is 7.11 Å². The van der Waals surface area contributed by atoms with Crippen molar-refractivity contribution in [3.63, 3.8) is 0 Å². The van der Waals surface area contributed by atoms with Crippen LogP contribution in [0.25, 0.3) is 0 Å². The Morgan fingerprint density at radius 2 is 2.19 bits per heavy atom. The Morgan fingerprint density at radius 3 is 2.75 bits per heavy atom. The van der Waals surface area contributed by atoms with Crippen LogP contribution in [0.5, 0.6) is 5.75 Å². The summed E-state index contributed by atoms with van der Waals surface area (Å²) < 4.78 is 6.15. The van der Waals surface area contributed by atoms with E-state index in [0.29, 0.717) is 6.42 Å². The van der Waals surface area contributed by atoms with Crippen LogP contribution in [0, 0.1) is 0 Å². The molecule has 88 valence electrons. The Hall–Kier alpha value is -1.03. The second-order valence-electron chi connectivity index (χ2n) is 3.86. The van der Waals surface area contributed by atoms with Gasteiger partial charge in [0.1, 0.15) is 5.75 Å². The maximum Gasteiger partial charge on any atom is 0.224 e. The fraction of sp³-hybridized carbons (Fsp3) is 0.417. The SMILES string of the molecule is COc1ccc(Br)cc1CC(=O)NC(C)C. The summed E-state index contributed by atoms with van der Waals surface area (Å²) in [5.74, 6) is 0.744. The van der Waals surface area contributed by atoms with Crippen molar-refractivity contribution in [2.45, 2.75) is 26.3 Å². The number of methoxy groups -OCH3 is 1. The third-order valence-electron chi connectivity index (χ3n) is 2.04. The molecular formula is C12H16BrNO2. The summed E-state index contributed by atoms with van der Waals surface area (Å²) >= 11 is 3.38. The highest BCUT2D eigenvalue weighted by atomic mass is 79.9. The third-order valence-corrected chi connectivity index (χ3v) is 2.54. The second-order valence-corrected chi connectivity index (χ2v) is 4.77. The Morgan fingerprint density at radius 1 is 1.50 bits per heavy atom. The Kier molecular flexibility index (Phi) is 4.80. The van der Waals surface area contributed by atoms with Crippen LogP contribution in [0.4, 0.5) is 0 Å². The van der Waals surface area contributed by atoms with E-state index < -0.39 is 0 Å². The van der Waals surface area contributed by atoms with E-state index in [9.17, 15) is 4.79 Å². The number of carbonyl (C=O) groups excluding carboxylic acids is 1. The Labute approximate surface area is 104 Å². The maximum atomic E-state index is 11.6. The summed E-state index contributed by atoms with van der Waals surface area (Å²) in [6, 6.07) is 5.80. The van der Waals surface area contributed by atoms with Gasteiger partial charge < -0.3 is 10.1 Å². The number of rotatable bonds is 4. The summed E-state index contributed by atoms with van der Waals surface area (Å²) in [4.78, 5) is 11.6. The Bertz CT molecular complexity index is 377. The number of carbonyl (C=O) groups is 1. The van der Waals surface area contributed by atoms with Gasteiger partial charge in [-0.1, -0.05) is 15.9 Å². The zero-order valence-electron chi connectivity index (χ0n) is 9.71. The molecule has 4 heteroatoms. The molecule has 0 aliphatic carbocycles. The standard InChI is InChI=1S/C12H16BrNO2/c1-8(2)14-12(15)7-9-6-10(13)4-5-11(9)16-3/h4-6,8H,7H2,1-3H3,(H,14,15). The molecule has 0 bridgehead atoms. The molecule has 0 fully saturated rings. The van der Waals surface area contributed by atoms with E-state index in [1.165, 1.54) is 0 Å². The molecule has 1 N–H and O–H groups in total. The average Bonchev–Trinajstić information content (AvgIpc) is 2.16. The molecule has 0 saturated heterocycles. The molecule has 0 atom stereocenters. The topological polar surface area (TPSA) is 38.3 Å². The van der Waals surface area contributed by atoms with Crippen LogP contribution in [-0.2, 0) is 11.2 Å². The number of halogens is 1. The first kappa shape index (κ1) is 13.0. The zero-order valence-corrected chi connectivity index (χ0v) is 11.3. The van der Waals surface area contributed by atoms with Crippen LogP contribution in [-0.4, -0.2) is 19.1 Å². The van der Waals surface area contributed by atoms with Gasteiger partial charge in [0, 0.05) is 16.1 Å². The minimum atomic E-state index is 0.00593. The predicted molar refractivity (Wildman–Crippen MR) is 67.7 cm³/mol. The normalized spacial score (nSPS) is 10.3. The number of hydrogen-bond donors (Lipinski definition) is 1. The van der Waals surface area contributed by atoms with Crippen LogP contribution < -0.4 is 10.1 Å². The lowest BCUT2D eigenvalue weighted by atomic mass is 10.1. The summed E-state index contributed by atoms with van der Waals surface area (Å²) in [5, 5.41) is 2.85. The van der Waals surface area contributed by atoms with E-state index in [4.69, 9.17) is 4.74 Å². The largest absolute Gasteiger partial charge is 0.496 e. The third kappa shape index (κ3) is 3.85. The molecule has 0 spiro atoms. The molecule has 0 radical (unpaired) electrons. The van der Waals surface area contributed by atoms with Crippen molar-refractivity contribution in [3.05, 3.63) is 28.2 Å². The van der Waals surface area contributed by atoms with Gasteiger partial charge in [0.05, 0.1) is 13.5 Å². The van der Waals surface area contributed by atoms with E-state index in [-0.39, 0.29) is 11.9 Å². The quantitative estimate of drug-likeness (QED) is 0.923. The number of benzene rings is 1. The van der Waals surface area contributed by atoms with Crippen LogP contribution in [0.1, 0.15) is 19.4 Å². The van der Waals surface area contributed by atoms with Gasteiger partial charge in [-0.25, -0.2) is 0 Å². The van der Waals surface area contributed by atoms with Crippen LogP contribution in [0.15, 0.2) is 22.7 Å². The molecule has 3 nitrogen and oxygen atoms in total. The van der Waals surface area contributed by atoms with Gasteiger partial charge >= 0.3 is 0 Å². The average molecular weight is 286 g/mol. The van der Waals surface area contributed by atoms with Gasteiger partial charge in [-0.3, -0.25) is 4.79 Å². The molecule has 0 aromatic heterocycles. The summed E-state index contributed by atoms with van der Waals surface area (Å²) in [6.07, 6.45) is 0.334. The summed E-state index contributed by atoms with van der Waals surface area (Å²) in [6.45, 7) is 3.88. The van der Waals surface area contributed by atoms with Gasteiger partial charge in [0.2, 0.25) is 5.91 Å². The van der Waals surface area contributed by atoms with Gasteiger partial charge in [-0.2, -0.15) is 0 Å². The second kappa shape index (κ2) is 5.89. The van der Waals surface area contributed by atoms with Crippen molar-refractivity contribution in [2.24, 2.45) is 0 Å². The van der Waals surface area contributed by atoms with Crippen molar-refractivity contribution < 1.29 is 9.53 Å². The molecule has 1 aromatic carbocycles. The molecule has 1 amide bonds. The van der Waals surface area contributed by atoms with Gasteiger partial charge in [0.25, 0.3) is 0 Å². The Balaban J connectivity index is 2.79. The summed E-state index contributed by atoms with van der Waals surface area (Å²) in [5.41, 5.74) is 0.884. The lowest BCUT2D eigenvalue weighted by Gasteiger charge is -2.11. The molecule has 1 aromatic rings. The van der Waals surface area contributed by atoms with Gasteiger partial charge in [0.15, 0.2) is 0 Å².